The van der Waals surface area contributed by atoms with Crippen molar-refractivity contribution in [2.75, 3.05) is 6.61 Å². The number of ether oxygens (including phenoxy) is 1. The highest BCUT2D eigenvalue weighted by molar-refractivity contribution is 6.73. The molecule has 5 nitrogen and oxygen atoms in total. The maximum Gasteiger partial charge on any atom is 0.417 e. The van der Waals surface area contributed by atoms with Crippen molar-refractivity contribution in [2.45, 2.75) is 64.9 Å². The minimum atomic E-state index is -1.97. The van der Waals surface area contributed by atoms with Gasteiger partial charge >= 0.3 is 6.09 Å². The van der Waals surface area contributed by atoms with Crippen LogP contribution in [0.2, 0.25) is 18.1 Å². The summed E-state index contributed by atoms with van der Waals surface area (Å²) in [5.41, 5.74) is 0.907. The third kappa shape index (κ3) is 4.18. The van der Waals surface area contributed by atoms with Crippen LogP contribution in [0.4, 0.5) is 4.79 Å². The first-order valence-electron chi connectivity index (χ1n) is 9.61. The first-order valence-corrected chi connectivity index (χ1v) is 12.1. The Labute approximate surface area is 157 Å². The molecule has 1 fully saturated rings. The molecule has 6 heteroatoms. The largest absolute Gasteiger partial charge is 0.449 e. The third-order valence-electron chi connectivity index (χ3n) is 5.23. The van der Waals surface area contributed by atoms with E-state index in [-0.39, 0.29) is 11.8 Å². The molecule has 0 aromatic heterocycles. The number of likely N-dealkylation sites (tertiary alicyclic amines) is 1. The van der Waals surface area contributed by atoms with Crippen molar-refractivity contribution >= 4 is 20.3 Å². The van der Waals surface area contributed by atoms with Crippen LogP contribution in [0.25, 0.3) is 0 Å². The summed E-state index contributed by atoms with van der Waals surface area (Å²) in [6.45, 7) is 10.6. The van der Waals surface area contributed by atoms with E-state index < -0.39 is 26.6 Å². The lowest BCUT2D eigenvalue weighted by molar-refractivity contribution is -0.161. The van der Waals surface area contributed by atoms with E-state index in [1.807, 2.05) is 44.2 Å². The minimum Gasteiger partial charge on any atom is -0.449 e. The molecule has 2 atom stereocenters. The molecular formula is C20H31NO4Si. The van der Waals surface area contributed by atoms with Gasteiger partial charge in [-0.1, -0.05) is 65.0 Å². The fraction of sp³-hybridized carbons (Fsp3) is 0.600. The summed E-state index contributed by atoms with van der Waals surface area (Å²) >= 11 is 0. The standard InChI is InChI=1S/C20H31NO4Si/c1-6-26(7-2,8-3)25-18-17(16-12-10-9-11-13-16)21(19(18)22)20(23)24-14-15(4)5/h9-13,15,17-18H,6-8,14H2,1-5H3/t17-,18+/m0/s1. The van der Waals surface area contributed by atoms with Gasteiger partial charge in [0, 0.05) is 0 Å². The van der Waals surface area contributed by atoms with Crippen molar-refractivity contribution in [2.24, 2.45) is 5.92 Å². The molecule has 144 valence electrons. The molecule has 0 aliphatic carbocycles. The van der Waals surface area contributed by atoms with Gasteiger partial charge in [0.25, 0.3) is 5.91 Å². The van der Waals surface area contributed by atoms with Crippen LogP contribution in [-0.2, 0) is 14.0 Å². The summed E-state index contributed by atoms with van der Waals surface area (Å²) in [4.78, 5) is 26.5. The average Bonchev–Trinajstić information content (AvgIpc) is 2.66. The number of imide groups is 1. The van der Waals surface area contributed by atoms with Gasteiger partial charge in [0.1, 0.15) is 6.04 Å². The zero-order chi connectivity index (χ0) is 19.3. The Bertz CT molecular complexity index is 607. The highest BCUT2D eigenvalue weighted by Gasteiger charge is 2.55. The van der Waals surface area contributed by atoms with Gasteiger partial charge in [0.2, 0.25) is 0 Å². The Morgan fingerprint density at radius 3 is 2.19 bits per heavy atom. The molecule has 1 aliphatic heterocycles. The summed E-state index contributed by atoms with van der Waals surface area (Å²) in [5.74, 6) is -0.0577. The molecule has 0 saturated carbocycles. The molecule has 2 amide bonds. The van der Waals surface area contributed by atoms with Gasteiger partial charge in [-0.25, -0.2) is 9.69 Å². The van der Waals surface area contributed by atoms with Gasteiger partial charge in [-0.3, -0.25) is 4.79 Å². The lowest BCUT2D eigenvalue weighted by Gasteiger charge is -2.48. The fourth-order valence-corrected chi connectivity index (χ4v) is 6.10. The number of hydrogen-bond donors (Lipinski definition) is 0. The topological polar surface area (TPSA) is 55.8 Å². The lowest BCUT2D eigenvalue weighted by Crippen LogP contribution is -2.64. The third-order valence-corrected chi connectivity index (χ3v) is 9.85. The first kappa shape index (κ1) is 20.6. The predicted molar refractivity (Wildman–Crippen MR) is 104 cm³/mol. The predicted octanol–water partition coefficient (Wildman–Crippen LogP) is 4.75. The van der Waals surface area contributed by atoms with Crippen LogP contribution in [0, 0.1) is 5.92 Å². The summed E-state index contributed by atoms with van der Waals surface area (Å²) in [7, 11) is -1.97. The maximum absolute atomic E-state index is 12.8. The van der Waals surface area contributed by atoms with Crippen molar-refractivity contribution in [3.63, 3.8) is 0 Å². The van der Waals surface area contributed by atoms with Crippen LogP contribution in [-0.4, -0.2) is 37.9 Å². The van der Waals surface area contributed by atoms with E-state index in [2.05, 4.69) is 20.8 Å². The monoisotopic (exact) mass is 377 g/mol. The van der Waals surface area contributed by atoms with Crippen molar-refractivity contribution in [1.82, 2.24) is 4.90 Å². The highest BCUT2D eigenvalue weighted by Crippen LogP contribution is 2.40. The average molecular weight is 378 g/mol. The van der Waals surface area contributed by atoms with E-state index >= 15 is 0 Å². The molecule has 0 N–H and O–H groups in total. The Morgan fingerprint density at radius 2 is 1.69 bits per heavy atom. The summed E-state index contributed by atoms with van der Waals surface area (Å²) in [5, 5.41) is 0. The number of nitrogens with zero attached hydrogens (tertiary/aromatic N) is 1. The molecule has 0 bridgehead atoms. The minimum absolute atomic E-state index is 0.220. The summed E-state index contributed by atoms with van der Waals surface area (Å²) < 4.78 is 11.8. The van der Waals surface area contributed by atoms with Crippen LogP contribution < -0.4 is 0 Å². The SMILES string of the molecule is CC[Si](CC)(CC)O[C@H]1C(=O)N(C(=O)OCC(C)C)[C@H]1c1ccccc1. The molecule has 0 radical (unpaired) electrons. The number of amides is 2. The maximum atomic E-state index is 12.8. The van der Waals surface area contributed by atoms with Gasteiger partial charge in [-0.2, -0.15) is 0 Å². The number of hydrogen-bond acceptors (Lipinski definition) is 4. The molecule has 0 spiro atoms. The number of benzene rings is 1. The Hall–Kier alpha value is -1.66. The second-order valence-electron chi connectivity index (χ2n) is 7.32. The molecule has 26 heavy (non-hydrogen) atoms. The van der Waals surface area contributed by atoms with Crippen molar-refractivity contribution in [1.29, 1.82) is 0 Å². The number of β-lactam (4-membered cyclic amide) rings is 1. The molecule has 1 saturated heterocycles. The van der Waals surface area contributed by atoms with Gasteiger partial charge in [-0.15, -0.1) is 0 Å². The Balaban J connectivity index is 2.26. The Kier molecular flexibility index (Phi) is 7.00. The summed E-state index contributed by atoms with van der Waals surface area (Å²) in [6.07, 6.45) is -1.16. The number of carbonyl (C=O) groups excluding carboxylic acids is 2. The zero-order valence-corrected chi connectivity index (χ0v) is 17.5. The van der Waals surface area contributed by atoms with Gasteiger partial charge in [-0.05, 0) is 29.6 Å². The van der Waals surface area contributed by atoms with Crippen molar-refractivity contribution in [3.05, 3.63) is 35.9 Å². The molecule has 1 heterocycles. The van der Waals surface area contributed by atoms with E-state index in [1.54, 1.807) is 0 Å². The van der Waals surface area contributed by atoms with Gasteiger partial charge in [0.15, 0.2) is 14.4 Å². The summed E-state index contributed by atoms with van der Waals surface area (Å²) in [6, 6.07) is 12.1. The molecular weight excluding hydrogens is 346 g/mol. The van der Waals surface area contributed by atoms with Gasteiger partial charge in [0.05, 0.1) is 6.61 Å². The van der Waals surface area contributed by atoms with Crippen LogP contribution in [0.3, 0.4) is 0 Å². The van der Waals surface area contributed by atoms with E-state index in [9.17, 15) is 9.59 Å². The van der Waals surface area contributed by atoms with E-state index in [0.29, 0.717) is 6.61 Å². The molecule has 1 aliphatic rings. The normalized spacial score (nSPS) is 20.2. The Morgan fingerprint density at radius 1 is 1.12 bits per heavy atom. The number of carbonyl (C=O) groups is 2. The van der Waals surface area contributed by atoms with Crippen molar-refractivity contribution in [3.8, 4) is 0 Å². The van der Waals surface area contributed by atoms with Crippen LogP contribution in [0.1, 0.15) is 46.2 Å². The molecule has 1 aromatic rings. The molecule has 1 aromatic carbocycles. The van der Waals surface area contributed by atoms with Gasteiger partial charge < -0.3 is 9.16 Å². The van der Waals surface area contributed by atoms with E-state index in [0.717, 1.165) is 23.7 Å². The van der Waals surface area contributed by atoms with Crippen LogP contribution >= 0.6 is 0 Å². The highest BCUT2D eigenvalue weighted by atomic mass is 28.4. The van der Waals surface area contributed by atoms with Crippen LogP contribution in [0.15, 0.2) is 30.3 Å². The van der Waals surface area contributed by atoms with Crippen molar-refractivity contribution < 1.29 is 18.8 Å². The lowest BCUT2D eigenvalue weighted by atomic mass is 9.91. The smallest absolute Gasteiger partial charge is 0.417 e. The second kappa shape index (κ2) is 8.82. The zero-order valence-electron chi connectivity index (χ0n) is 16.5. The first-order chi connectivity index (χ1) is 12.4. The fourth-order valence-electron chi connectivity index (χ4n) is 3.33. The molecule has 0 unspecified atom stereocenters. The molecule has 2 rings (SSSR count). The second-order valence-corrected chi connectivity index (χ2v) is 12.0. The van der Waals surface area contributed by atoms with Crippen LogP contribution in [0.5, 0.6) is 0 Å². The van der Waals surface area contributed by atoms with E-state index in [1.165, 1.54) is 4.90 Å². The van der Waals surface area contributed by atoms with E-state index in [4.69, 9.17) is 9.16 Å². The quantitative estimate of drug-likeness (QED) is 0.484. The number of rotatable bonds is 8.